The predicted octanol–water partition coefficient (Wildman–Crippen LogP) is 7.41. The number of alkyl halides is 3. The molecule has 2 amide bonds. The van der Waals surface area contributed by atoms with Crippen LogP contribution < -0.4 is 9.64 Å². The molecule has 2 saturated heterocycles. The second-order valence-corrected chi connectivity index (χ2v) is 13.3. The molecule has 2 aromatic carbocycles. The molecular formula is C33H43ClF3N3O3. The van der Waals surface area contributed by atoms with E-state index in [1.807, 2.05) is 12.1 Å². The topological polar surface area (TPSA) is 53.1 Å². The number of carbonyl (C=O) groups is 2. The molecule has 0 radical (unpaired) electrons. The van der Waals surface area contributed by atoms with Gasteiger partial charge in [-0.2, -0.15) is 13.2 Å². The van der Waals surface area contributed by atoms with Crippen molar-refractivity contribution in [3.63, 3.8) is 0 Å². The molecule has 2 fully saturated rings. The van der Waals surface area contributed by atoms with Gasteiger partial charge in [0.15, 0.2) is 5.92 Å². The van der Waals surface area contributed by atoms with Gasteiger partial charge in [0.2, 0.25) is 5.91 Å². The van der Waals surface area contributed by atoms with E-state index in [0.29, 0.717) is 48.2 Å². The zero-order valence-electron chi connectivity index (χ0n) is 25.7. The average molecular weight is 622 g/mol. The normalized spacial score (nSPS) is 18.5. The molecule has 2 aliphatic rings. The summed E-state index contributed by atoms with van der Waals surface area (Å²) in [7, 11) is 3.39. The summed E-state index contributed by atoms with van der Waals surface area (Å²) in [4.78, 5) is 30.8. The first-order valence-corrected chi connectivity index (χ1v) is 15.4. The highest BCUT2D eigenvalue weighted by atomic mass is 35.5. The van der Waals surface area contributed by atoms with E-state index in [-0.39, 0.29) is 23.0 Å². The standard InChI is InChI=1S/C33H43ClF3N3O3/c1-22(2)43-26-8-6-7-24(19-26)29(33(35,36)37)31(42)40-17-13-32(3,14-18-40)21-23-11-15-39(16-12-23)25-9-10-27(28(34)20-25)30(41)38(4)5/h6-10,19-20,22-23,29H,11-18,21H2,1-5H3. The minimum atomic E-state index is -4.70. The number of halogens is 4. The molecule has 236 valence electrons. The van der Waals surface area contributed by atoms with Crippen molar-refractivity contribution >= 4 is 29.1 Å². The van der Waals surface area contributed by atoms with Gasteiger partial charge in [-0.05, 0) is 93.2 Å². The summed E-state index contributed by atoms with van der Waals surface area (Å²) < 4.78 is 48.2. The zero-order chi connectivity index (χ0) is 31.5. The van der Waals surface area contributed by atoms with Crippen LogP contribution in [-0.4, -0.2) is 74.2 Å². The Labute approximate surface area is 258 Å². The summed E-state index contributed by atoms with van der Waals surface area (Å²) in [6.45, 7) is 8.19. The number of likely N-dealkylation sites (tertiary alicyclic amines) is 1. The first-order chi connectivity index (χ1) is 20.2. The van der Waals surface area contributed by atoms with E-state index in [0.717, 1.165) is 38.0 Å². The van der Waals surface area contributed by atoms with E-state index in [1.165, 1.54) is 28.0 Å². The van der Waals surface area contributed by atoms with E-state index in [9.17, 15) is 22.8 Å². The number of anilines is 1. The van der Waals surface area contributed by atoms with E-state index >= 15 is 0 Å². The first-order valence-electron chi connectivity index (χ1n) is 15.0. The molecule has 2 aliphatic heterocycles. The Morgan fingerprint density at radius 1 is 1.05 bits per heavy atom. The maximum Gasteiger partial charge on any atom is 0.404 e. The van der Waals surface area contributed by atoms with Crippen LogP contribution in [0.5, 0.6) is 5.75 Å². The Hall–Kier alpha value is -2.94. The summed E-state index contributed by atoms with van der Waals surface area (Å²) in [5, 5.41) is 0.441. The van der Waals surface area contributed by atoms with Crippen molar-refractivity contribution in [3.05, 3.63) is 58.6 Å². The summed E-state index contributed by atoms with van der Waals surface area (Å²) >= 11 is 6.43. The van der Waals surface area contributed by atoms with E-state index in [4.69, 9.17) is 16.3 Å². The number of nitrogens with zero attached hydrogens (tertiary/aromatic N) is 3. The molecule has 2 aromatic rings. The molecule has 0 N–H and O–H groups in total. The fourth-order valence-corrected chi connectivity index (χ4v) is 6.63. The molecule has 0 spiro atoms. The Bertz CT molecular complexity index is 1280. The first kappa shape index (κ1) is 33.0. The Kier molecular flexibility index (Phi) is 10.2. The highest BCUT2D eigenvalue weighted by Crippen LogP contribution is 2.43. The number of carbonyl (C=O) groups excluding carboxylic acids is 2. The quantitative estimate of drug-likeness (QED) is 0.308. The van der Waals surface area contributed by atoms with Crippen molar-refractivity contribution in [1.82, 2.24) is 9.80 Å². The number of amides is 2. The lowest BCUT2D eigenvalue weighted by molar-refractivity contribution is -0.173. The number of piperidine rings is 2. The van der Waals surface area contributed by atoms with Gasteiger partial charge in [-0.15, -0.1) is 0 Å². The molecular weight excluding hydrogens is 579 g/mol. The molecule has 4 rings (SSSR count). The summed E-state index contributed by atoms with van der Waals surface area (Å²) in [5.74, 6) is -2.40. The maximum atomic E-state index is 14.2. The lowest BCUT2D eigenvalue weighted by atomic mass is 9.71. The number of ether oxygens (including phenoxy) is 1. The maximum absolute atomic E-state index is 14.2. The van der Waals surface area contributed by atoms with E-state index in [2.05, 4.69) is 11.8 Å². The van der Waals surface area contributed by atoms with Gasteiger partial charge in [-0.1, -0.05) is 30.7 Å². The van der Waals surface area contributed by atoms with Crippen LogP contribution in [0.3, 0.4) is 0 Å². The Balaban J connectivity index is 1.33. The zero-order valence-corrected chi connectivity index (χ0v) is 26.5. The van der Waals surface area contributed by atoms with Crippen LogP contribution in [0.15, 0.2) is 42.5 Å². The van der Waals surface area contributed by atoms with Crippen LogP contribution in [0.25, 0.3) is 0 Å². The highest BCUT2D eigenvalue weighted by molar-refractivity contribution is 6.34. The summed E-state index contributed by atoms with van der Waals surface area (Å²) in [5.41, 5.74) is 1.37. The van der Waals surface area contributed by atoms with Gasteiger partial charge in [0.1, 0.15) is 5.75 Å². The second-order valence-electron chi connectivity index (χ2n) is 12.8. The van der Waals surface area contributed by atoms with E-state index < -0.39 is 18.0 Å². The molecule has 10 heteroatoms. The lowest BCUT2D eigenvalue weighted by Gasteiger charge is -2.44. The highest BCUT2D eigenvalue weighted by Gasteiger charge is 2.48. The fraction of sp³-hybridized carbons (Fsp3) is 0.576. The number of benzene rings is 2. The molecule has 0 aromatic heterocycles. The SMILES string of the molecule is CC(C)Oc1cccc(C(C(=O)N2CCC(C)(CC3CCN(c4ccc(C(=O)N(C)C)c(Cl)c4)CC3)CC2)C(F)(F)F)c1. The average Bonchev–Trinajstić information content (AvgIpc) is 2.92. The smallest absolute Gasteiger partial charge is 0.404 e. The minimum Gasteiger partial charge on any atom is -0.491 e. The minimum absolute atomic E-state index is 0.0279. The third-order valence-electron chi connectivity index (χ3n) is 8.77. The Morgan fingerprint density at radius 3 is 2.26 bits per heavy atom. The predicted molar refractivity (Wildman–Crippen MR) is 164 cm³/mol. The molecule has 1 unspecified atom stereocenters. The van der Waals surface area contributed by atoms with Gasteiger partial charge < -0.3 is 19.4 Å². The molecule has 0 saturated carbocycles. The molecule has 43 heavy (non-hydrogen) atoms. The number of hydrogen-bond acceptors (Lipinski definition) is 4. The van der Waals surface area contributed by atoms with Crippen molar-refractivity contribution in [2.45, 2.75) is 71.1 Å². The molecule has 6 nitrogen and oxygen atoms in total. The monoisotopic (exact) mass is 621 g/mol. The van der Waals surface area contributed by atoms with Gasteiger partial charge in [-0.25, -0.2) is 0 Å². The van der Waals surface area contributed by atoms with Crippen molar-refractivity contribution < 1.29 is 27.5 Å². The molecule has 1 atom stereocenters. The van der Waals surface area contributed by atoms with Crippen molar-refractivity contribution in [2.75, 3.05) is 45.2 Å². The van der Waals surface area contributed by atoms with Crippen LogP contribution >= 0.6 is 11.6 Å². The van der Waals surface area contributed by atoms with Crippen molar-refractivity contribution in [2.24, 2.45) is 11.3 Å². The molecule has 0 aliphatic carbocycles. The van der Waals surface area contributed by atoms with Gasteiger partial charge in [0.05, 0.1) is 16.7 Å². The molecule has 0 bridgehead atoms. The third kappa shape index (κ3) is 8.16. The molecule has 2 heterocycles. The van der Waals surface area contributed by atoms with E-state index in [1.54, 1.807) is 40.1 Å². The van der Waals surface area contributed by atoms with Crippen molar-refractivity contribution in [1.29, 1.82) is 0 Å². The summed E-state index contributed by atoms with van der Waals surface area (Å²) in [6, 6.07) is 11.4. The van der Waals surface area contributed by atoms with Crippen LogP contribution in [0.2, 0.25) is 5.02 Å². The van der Waals surface area contributed by atoms with Crippen LogP contribution in [0.4, 0.5) is 18.9 Å². The second kappa shape index (κ2) is 13.4. The van der Waals surface area contributed by atoms with Gasteiger partial charge in [0.25, 0.3) is 5.91 Å². The Morgan fingerprint density at radius 2 is 1.70 bits per heavy atom. The fourth-order valence-electron chi connectivity index (χ4n) is 6.37. The lowest BCUT2D eigenvalue weighted by Crippen LogP contribution is -2.47. The largest absolute Gasteiger partial charge is 0.491 e. The van der Waals surface area contributed by atoms with Gasteiger partial charge >= 0.3 is 6.18 Å². The van der Waals surface area contributed by atoms with Gasteiger partial charge in [0, 0.05) is 46.0 Å². The van der Waals surface area contributed by atoms with Gasteiger partial charge in [-0.3, -0.25) is 9.59 Å². The summed E-state index contributed by atoms with van der Waals surface area (Å²) in [6.07, 6.45) is -0.550. The number of rotatable bonds is 8. The van der Waals surface area contributed by atoms with Crippen LogP contribution in [0, 0.1) is 11.3 Å². The third-order valence-corrected chi connectivity index (χ3v) is 9.08. The van der Waals surface area contributed by atoms with Crippen molar-refractivity contribution in [3.8, 4) is 5.75 Å². The number of hydrogen-bond donors (Lipinski definition) is 0. The van der Waals surface area contributed by atoms with Crippen LogP contribution in [-0.2, 0) is 4.79 Å². The van der Waals surface area contributed by atoms with Crippen LogP contribution in [0.1, 0.15) is 74.7 Å².